The maximum Gasteiger partial charge on any atom is 0.264 e. The van der Waals surface area contributed by atoms with Gasteiger partial charge in [-0.2, -0.15) is 0 Å². The van der Waals surface area contributed by atoms with Crippen LogP contribution in [-0.4, -0.2) is 44.7 Å². The van der Waals surface area contributed by atoms with Gasteiger partial charge in [0.1, 0.15) is 0 Å². The third-order valence-electron chi connectivity index (χ3n) is 11.2. The maximum atomic E-state index is 14.9. The largest absolute Gasteiger partial charge is 0.347 e. The molecule has 2 aliphatic heterocycles. The number of para-hydroxylation sites is 2. The molecule has 0 unspecified atom stereocenters. The Balaban J connectivity index is 1.20. The Labute approximate surface area is 317 Å². The van der Waals surface area contributed by atoms with E-state index in [1.54, 1.807) is 4.90 Å². The summed E-state index contributed by atoms with van der Waals surface area (Å²) in [5.74, 6) is -0.122. The normalized spacial score (nSPS) is 15.0. The molecule has 54 heavy (non-hydrogen) atoms. The number of hydrogen-bond acceptors (Lipinski definition) is 3. The Morgan fingerprint density at radius 3 is 1.96 bits per heavy atom. The number of benzene rings is 5. The average molecular weight is 713 g/mol. The van der Waals surface area contributed by atoms with Crippen LogP contribution in [0.4, 0.5) is 11.4 Å². The minimum atomic E-state index is -0.147. The van der Waals surface area contributed by atoms with Gasteiger partial charge in [0.25, 0.3) is 11.8 Å². The quantitative estimate of drug-likeness (QED) is 0.166. The van der Waals surface area contributed by atoms with Crippen LogP contribution in [0.1, 0.15) is 61.2 Å². The SMILES string of the molecule is Cc1c(C(=O)N(c2ccccc2)c2ccccc2)cc(-c2cc3c(cc2C(=O)N2Cc4ccccc4C[C@H]2C)CN(C(=O)Cc2ccccc2)CC3)n1C. The fraction of sp³-hybridized carbons (Fsp3) is 0.213. The Kier molecular flexibility index (Phi) is 9.47. The molecule has 5 aromatic carbocycles. The monoisotopic (exact) mass is 712 g/mol. The molecule has 1 atom stereocenters. The first-order valence-corrected chi connectivity index (χ1v) is 18.7. The topological polar surface area (TPSA) is 65.9 Å². The summed E-state index contributed by atoms with van der Waals surface area (Å²) in [5.41, 5.74) is 10.6. The minimum absolute atomic E-state index is 0.00202. The summed E-state index contributed by atoms with van der Waals surface area (Å²) in [6.07, 6.45) is 1.80. The van der Waals surface area contributed by atoms with Crippen LogP contribution < -0.4 is 4.90 Å². The summed E-state index contributed by atoms with van der Waals surface area (Å²) in [6, 6.07) is 43.7. The number of nitrogens with zero attached hydrogens (tertiary/aromatic N) is 4. The molecule has 7 nitrogen and oxygen atoms in total. The zero-order valence-electron chi connectivity index (χ0n) is 31.0. The van der Waals surface area contributed by atoms with E-state index in [1.807, 2.05) is 138 Å². The van der Waals surface area contributed by atoms with Crippen molar-refractivity contribution in [2.75, 3.05) is 11.4 Å². The molecule has 270 valence electrons. The molecule has 2 aliphatic rings. The van der Waals surface area contributed by atoms with Crippen molar-refractivity contribution in [3.63, 3.8) is 0 Å². The maximum absolute atomic E-state index is 14.9. The van der Waals surface area contributed by atoms with Crippen molar-refractivity contribution in [3.05, 3.63) is 178 Å². The van der Waals surface area contributed by atoms with Crippen molar-refractivity contribution in [2.24, 2.45) is 7.05 Å². The summed E-state index contributed by atoms with van der Waals surface area (Å²) in [7, 11) is 1.97. The number of hydrogen-bond donors (Lipinski definition) is 0. The van der Waals surface area contributed by atoms with Crippen molar-refractivity contribution in [1.29, 1.82) is 0 Å². The highest BCUT2D eigenvalue weighted by atomic mass is 16.2. The van der Waals surface area contributed by atoms with E-state index in [4.69, 9.17) is 0 Å². The van der Waals surface area contributed by atoms with E-state index in [-0.39, 0.29) is 23.8 Å². The van der Waals surface area contributed by atoms with Gasteiger partial charge in [-0.15, -0.1) is 0 Å². The van der Waals surface area contributed by atoms with Crippen molar-refractivity contribution in [3.8, 4) is 11.3 Å². The lowest BCUT2D eigenvalue weighted by molar-refractivity contribution is -0.131. The van der Waals surface area contributed by atoms with Gasteiger partial charge in [-0.05, 0) is 97.0 Å². The van der Waals surface area contributed by atoms with Gasteiger partial charge in [0.2, 0.25) is 5.91 Å². The Bertz CT molecular complexity index is 2310. The van der Waals surface area contributed by atoms with Crippen molar-refractivity contribution in [2.45, 2.75) is 52.2 Å². The van der Waals surface area contributed by atoms with Crippen LogP contribution in [0.5, 0.6) is 0 Å². The third kappa shape index (κ3) is 6.62. The van der Waals surface area contributed by atoms with Gasteiger partial charge in [0.05, 0.1) is 12.0 Å². The van der Waals surface area contributed by atoms with E-state index in [1.165, 1.54) is 5.56 Å². The van der Waals surface area contributed by atoms with E-state index in [2.05, 4.69) is 31.2 Å². The molecule has 3 amide bonds. The first-order valence-electron chi connectivity index (χ1n) is 18.7. The molecule has 8 rings (SSSR count). The molecular weight excluding hydrogens is 669 g/mol. The number of aromatic nitrogens is 1. The highest BCUT2D eigenvalue weighted by molar-refractivity contribution is 6.12. The summed E-state index contributed by atoms with van der Waals surface area (Å²) >= 11 is 0. The summed E-state index contributed by atoms with van der Waals surface area (Å²) < 4.78 is 2.04. The smallest absolute Gasteiger partial charge is 0.264 e. The van der Waals surface area contributed by atoms with Gasteiger partial charge in [0, 0.05) is 66.6 Å². The second-order valence-corrected chi connectivity index (χ2v) is 14.5. The highest BCUT2D eigenvalue weighted by Crippen LogP contribution is 2.37. The van der Waals surface area contributed by atoms with E-state index in [9.17, 15) is 14.4 Å². The molecule has 0 radical (unpaired) electrons. The lowest BCUT2D eigenvalue weighted by Gasteiger charge is -2.36. The van der Waals surface area contributed by atoms with E-state index < -0.39 is 0 Å². The van der Waals surface area contributed by atoms with E-state index >= 15 is 0 Å². The molecule has 1 aromatic heterocycles. The lowest BCUT2D eigenvalue weighted by Crippen LogP contribution is -2.43. The van der Waals surface area contributed by atoms with Crippen LogP contribution in [0, 0.1) is 6.92 Å². The van der Waals surface area contributed by atoms with Crippen molar-refractivity contribution in [1.82, 2.24) is 14.4 Å². The first kappa shape index (κ1) is 34.9. The Morgan fingerprint density at radius 2 is 1.30 bits per heavy atom. The van der Waals surface area contributed by atoms with E-state index in [0.29, 0.717) is 43.6 Å². The number of amides is 3. The molecule has 0 saturated heterocycles. The first-order chi connectivity index (χ1) is 26.3. The van der Waals surface area contributed by atoms with Crippen LogP contribution in [0.25, 0.3) is 11.3 Å². The number of anilines is 2. The van der Waals surface area contributed by atoms with Crippen molar-refractivity contribution >= 4 is 29.1 Å². The number of rotatable bonds is 7. The lowest BCUT2D eigenvalue weighted by atomic mass is 9.89. The number of carbonyl (C=O) groups is 3. The molecule has 0 spiro atoms. The molecule has 0 fully saturated rings. The van der Waals surface area contributed by atoms with Gasteiger partial charge in [-0.1, -0.05) is 91.0 Å². The fourth-order valence-corrected chi connectivity index (χ4v) is 8.03. The highest BCUT2D eigenvalue weighted by Gasteiger charge is 2.33. The van der Waals surface area contributed by atoms with E-state index in [0.717, 1.165) is 57.0 Å². The zero-order chi connectivity index (χ0) is 37.3. The summed E-state index contributed by atoms with van der Waals surface area (Å²) in [6.45, 7) is 5.64. The van der Waals surface area contributed by atoms with Gasteiger partial charge >= 0.3 is 0 Å². The predicted octanol–water partition coefficient (Wildman–Crippen LogP) is 8.69. The number of carbonyl (C=O) groups excluding carboxylic acids is 3. The molecule has 0 saturated carbocycles. The second kappa shape index (κ2) is 14.7. The van der Waals surface area contributed by atoms with Crippen LogP contribution >= 0.6 is 0 Å². The van der Waals surface area contributed by atoms with Crippen molar-refractivity contribution < 1.29 is 14.4 Å². The summed E-state index contributed by atoms with van der Waals surface area (Å²) in [4.78, 5) is 48.7. The standard InChI is InChI=1S/C47H44N4O3/c1-32-25-35-17-13-14-18-37(35)31-50(32)46(53)43-28-38-30-49(45(52)26-34-15-7-4-8-16-34)24-23-36(38)27-42(43)44-29-41(33(2)48(44)3)47(54)51(39-19-9-5-10-20-39)40-21-11-6-12-22-40/h4-22,27-29,32H,23-26,30-31H2,1-3H3/t32-/m1/s1. The summed E-state index contributed by atoms with van der Waals surface area (Å²) in [5, 5.41) is 0. The zero-order valence-corrected chi connectivity index (χ0v) is 31.0. The van der Waals surface area contributed by atoms with Crippen LogP contribution in [0.15, 0.2) is 133 Å². The predicted molar refractivity (Wildman–Crippen MR) is 214 cm³/mol. The Hall–Kier alpha value is -6.21. The second-order valence-electron chi connectivity index (χ2n) is 14.5. The molecular formula is C47H44N4O3. The molecule has 0 aliphatic carbocycles. The molecule has 3 heterocycles. The molecule has 7 heteroatoms. The van der Waals surface area contributed by atoms with Crippen LogP contribution in [0.2, 0.25) is 0 Å². The van der Waals surface area contributed by atoms with Gasteiger partial charge in [-0.3, -0.25) is 19.3 Å². The number of fused-ring (bicyclic) bond motifs is 2. The fourth-order valence-electron chi connectivity index (χ4n) is 8.03. The minimum Gasteiger partial charge on any atom is -0.347 e. The molecule has 0 N–H and O–H groups in total. The van der Waals surface area contributed by atoms with Gasteiger partial charge in [0.15, 0.2) is 0 Å². The van der Waals surface area contributed by atoms with Gasteiger partial charge < -0.3 is 14.4 Å². The molecule has 6 aromatic rings. The Morgan fingerprint density at radius 1 is 0.685 bits per heavy atom. The van der Waals surface area contributed by atoms with Gasteiger partial charge in [-0.25, -0.2) is 0 Å². The molecule has 0 bridgehead atoms. The van der Waals surface area contributed by atoms with Crippen LogP contribution in [0.3, 0.4) is 0 Å². The van der Waals surface area contributed by atoms with Crippen LogP contribution in [-0.2, 0) is 44.2 Å². The third-order valence-corrected chi connectivity index (χ3v) is 11.2. The average Bonchev–Trinajstić information content (AvgIpc) is 3.50.